The van der Waals surface area contributed by atoms with E-state index in [9.17, 15) is 4.79 Å². The highest BCUT2D eigenvalue weighted by Crippen LogP contribution is 2.31. The quantitative estimate of drug-likeness (QED) is 0.902. The van der Waals surface area contributed by atoms with E-state index in [4.69, 9.17) is 9.72 Å². The van der Waals surface area contributed by atoms with Crippen LogP contribution in [0.5, 0.6) is 0 Å². The molecule has 2 aliphatic heterocycles. The summed E-state index contributed by atoms with van der Waals surface area (Å²) in [4.78, 5) is 25.9. The van der Waals surface area contributed by atoms with Gasteiger partial charge in [0.1, 0.15) is 5.82 Å². The van der Waals surface area contributed by atoms with E-state index in [2.05, 4.69) is 15.2 Å². The first-order valence-corrected chi connectivity index (χ1v) is 9.22. The summed E-state index contributed by atoms with van der Waals surface area (Å²) in [6, 6.07) is 4.07. The number of ether oxygens (including phenoxy) is 1. The molecule has 138 valence electrons. The molecule has 3 heterocycles. The second-order valence-electron chi connectivity index (χ2n) is 7.11. The van der Waals surface area contributed by atoms with Crippen LogP contribution < -0.4 is 10.2 Å². The van der Waals surface area contributed by atoms with Crippen molar-refractivity contribution in [3.63, 3.8) is 0 Å². The third-order valence-corrected chi connectivity index (χ3v) is 5.09. The van der Waals surface area contributed by atoms with Gasteiger partial charge in [-0.15, -0.1) is 0 Å². The summed E-state index contributed by atoms with van der Waals surface area (Å²) in [5, 5.41) is 3.53. The Balaban J connectivity index is 1.81. The minimum atomic E-state index is -0.00907. The van der Waals surface area contributed by atoms with Crippen LogP contribution in [-0.2, 0) is 4.74 Å². The summed E-state index contributed by atoms with van der Waals surface area (Å²) < 4.78 is 5.44. The Labute approximate surface area is 153 Å². The molecule has 1 atom stereocenters. The zero-order chi connectivity index (χ0) is 18.1. The van der Waals surface area contributed by atoms with Crippen molar-refractivity contribution in [1.29, 1.82) is 0 Å². The zero-order valence-corrected chi connectivity index (χ0v) is 15.4. The minimum Gasteiger partial charge on any atom is -0.378 e. The third kappa shape index (κ3) is 3.24. The Morgan fingerprint density at radius 3 is 2.81 bits per heavy atom. The zero-order valence-electron chi connectivity index (χ0n) is 15.4. The van der Waals surface area contributed by atoms with Crippen molar-refractivity contribution in [3.05, 3.63) is 29.5 Å². The maximum atomic E-state index is 12.5. The standard InChI is InChI=1S/C19H25N5O2/c1-23(2)19(25)13-10-14(15-4-3-5-20-15)18-16(11-13)21-12-17(22-18)24-6-8-26-9-7-24/h10-12,15,20H,3-9H2,1-2H3. The van der Waals surface area contributed by atoms with Gasteiger partial charge in [-0.1, -0.05) is 0 Å². The highest BCUT2D eigenvalue weighted by atomic mass is 16.5. The van der Waals surface area contributed by atoms with Gasteiger partial charge in [0.15, 0.2) is 0 Å². The predicted octanol–water partition coefficient (Wildman–Crippen LogP) is 1.59. The van der Waals surface area contributed by atoms with E-state index in [-0.39, 0.29) is 11.9 Å². The maximum absolute atomic E-state index is 12.5. The molecule has 0 spiro atoms. The molecule has 2 saturated heterocycles. The fraction of sp³-hybridized carbons (Fsp3) is 0.526. The molecule has 0 bridgehead atoms. The van der Waals surface area contributed by atoms with Crippen molar-refractivity contribution in [3.8, 4) is 0 Å². The van der Waals surface area contributed by atoms with Crippen molar-refractivity contribution in [2.75, 3.05) is 51.8 Å². The summed E-state index contributed by atoms with van der Waals surface area (Å²) in [6.45, 7) is 4.08. The lowest BCUT2D eigenvalue weighted by Gasteiger charge is -2.28. The SMILES string of the molecule is CN(C)C(=O)c1cc(C2CCCN2)c2nc(N3CCOCC3)cnc2c1. The summed E-state index contributed by atoms with van der Waals surface area (Å²) in [5.41, 5.74) is 3.41. The lowest BCUT2D eigenvalue weighted by Crippen LogP contribution is -2.36. The van der Waals surface area contributed by atoms with Crippen LogP contribution in [0.15, 0.2) is 18.3 Å². The Morgan fingerprint density at radius 2 is 2.12 bits per heavy atom. The number of nitrogens with one attached hydrogen (secondary N) is 1. The van der Waals surface area contributed by atoms with Crippen molar-refractivity contribution in [1.82, 2.24) is 20.2 Å². The first kappa shape index (κ1) is 17.2. The minimum absolute atomic E-state index is 0.00907. The molecule has 7 nitrogen and oxygen atoms in total. The Kier molecular flexibility index (Phi) is 4.74. The lowest BCUT2D eigenvalue weighted by atomic mass is 9.99. The van der Waals surface area contributed by atoms with Crippen LogP contribution >= 0.6 is 0 Å². The van der Waals surface area contributed by atoms with Crippen molar-refractivity contribution in [2.45, 2.75) is 18.9 Å². The first-order chi connectivity index (χ1) is 12.6. The van der Waals surface area contributed by atoms with Crippen LogP contribution in [-0.4, -0.2) is 67.7 Å². The van der Waals surface area contributed by atoms with E-state index in [1.807, 2.05) is 18.3 Å². The summed E-state index contributed by atoms with van der Waals surface area (Å²) in [7, 11) is 3.54. The number of rotatable bonds is 3. The average molecular weight is 355 g/mol. The fourth-order valence-electron chi connectivity index (χ4n) is 3.67. The van der Waals surface area contributed by atoms with Gasteiger partial charge >= 0.3 is 0 Å². The molecule has 1 N–H and O–H groups in total. The highest BCUT2D eigenvalue weighted by Gasteiger charge is 2.23. The van der Waals surface area contributed by atoms with Gasteiger partial charge in [-0.05, 0) is 37.1 Å². The number of hydrogen-bond donors (Lipinski definition) is 1. The number of nitrogens with zero attached hydrogens (tertiary/aromatic N) is 4. The van der Waals surface area contributed by atoms with E-state index in [1.54, 1.807) is 19.0 Å². The normalized spacial score (nSPS) is 20.5. The topological polar surface area (TPSA) is 70.6 Å². The molecule has 0 aliphatic carbocycles. The number of aromatic nitrogens is 2. The first-order valence-electron chi connectivity index (χ1n) is 9.22. The molecule has 1 aromatic carbocycles. The molecule has 2 aromatic rings. The molecule has 7 heteroatoms. The van der Waals surface area contributed by atoms with Crippen LogP contribution in [0.3, 0.4) is 0 Å². The number of hydrogen-bond acceptors (Lipinski definition) is 6. The molecule has 0 saturated carbocycles. The van der Waals surface area contributed by atoms with Gasteiger partial charge in [0.05, 0.1) is 30.4 Å². The van der Waals surface area contributed by atoms with E-state index in [1.165, 1.54) is 0 Å². The average Bonchev–Trinajstić information content (AvgIpc) is 3.21. The number of carbonyl (C=O) groups excluding carboxylic acids is 1. The monoisotopic (exact) mass is 355 g/mol. The second-order valence-corrected chi connectivity index (χ2v) is 7.11. The van der Waals surface area contributed by atoms with E-state index >= 15 is 0 Å². The summed E-state index contributed by atoms with van der Waals surface area (Å²) in [6.07, 6.45) is 4.00. The predicted molar refractivity (Wildman–Crippen MR) is 101 cm³/mol. The van der Waals surface area contributed by atoms with Crippen LogP contribution in [0.25, 0.3) is 11.0 Å². The Morgan fingerprint density at radius 1 is 1.31 bits per heavy atom. The molecule has 1 aromatic heterocycles. The van der Waals surface area contributed by atoms with Gasteiger partial charge in [0.2, 0.25) is 0 Å². The smallest absolute Gasteiger partial charge is 0.253 e. The van der Waals surface area contributed by atoms with E-state index < -0.39 is 0 Å². The second kappa shape index (κ2) is 7.17. The van der Waals surface area contributed by atoms with Crippen LogP contribution in [0.4, 0.5) is 5.82 Å². The van der Waals surface area contributed by atoms with Crippen LogP contribution in [0, 0.1) is 0 Å². The van der Waals surface area contributed by atoms with Crippen molar-refractivity contribution < 1.29 is 9.53 Å². The van der Waals surface area contributed by atoms with Crippen molar-refractivity contribution in [2.24, 2.45) is 0 Å². The van der Waals surface area contributed by atoms with Gasteiger partial charge in [-0.2, -0.15) is 0 Å². The number of morpholine rings is 1. The summed E-state index contributed by atoms with van der Waals surface area (Å²) in [5.74, 6) is 0.872. The Hall–Kier alpha value is -2.25. The lowest BCUT2D eigenvalue weighted by molar-refractivity contribution is 0.0827. The fourth-order valence-corrected chi connectivity index (χ4v) is 3.67. The van der Waals surface area contributed by atoms with Gasteiger partial charge in [-0.25, -0.2) is 4.98 Å². The molecule has 1 amide bonds. The number of benzene rings is 1. The number of fused-ring (bicyclic) bond motifs is 1. The molecule has 2 fully saturated rings. The third-order valence-electron chi connectivity index (χ3n) is 5.09. The van der Waals surface area contributed by atoms with Crippen molar-refractivity contribution >= 4 is 22.8 Å². The van der Waals surface area contributed by atoms with Gasteiger partial charge in [0, 0.05) is 38.8 Å². The van der Waals surface area contributed by atoms with Crippen LogP contribution in [0.2, 0.25) is 0 Å². The summed E-state index contributed by atoms with van der Waals surface area (Å²) >= 11 is 0. The maximum Gasteiger partial charge on any atom is 0.253 e. The number of carbonyl (C=O) groups is 1. The van der Waals surface area contributed by atoms with Gasteiger partial charge in [-0.3, -0.25) is 9.78 Å². The molecule has 2 aliphatic rings. The molecule has 26 heavy (non-hydrogen) atoms. The molecule has 4 rings (SSSR count). The molecular formula is C19H25N5O2. The van der Waals surface area contributed by atoms with E-state index in [0.29, 0.717) is 18.8 Å². The number of anilines is 1. The molecule has 0 radical (unpaired) electrons. The number of amides is 1. The highest BCUT2D eigenvalue weighted by molar-refractivity contribution is 5.98. The molecular weight excluding hydrogens is 330 g/mol. The Bertz CT molecular complexity index is 811. The van der Waals surface area contributed by atoms with Crippen LogP contribution in [0.1, 0.15) is 34.8 Å². The van der Waals surface area contributed by atoms with Gasteiger partial charge in [0.25, 0.3) is 5.91 Å². The largest absolute Gasteiger partial charge is 0.378 e. The van der Waals surface area contributed by atoms with E-state index in [0.717, 1.165) is 54.9 Å². The van der Waals surface area contributed by atoms with Gasteiger partial charge < -0.3 is 19.9 Å². The molecule has 1 unspecified atom stereocenters.